The number of carbonyl (C=O) groups excluding carboxylic acids is 1. The number of piperazine rings is 1. The number of aryl methyl sites for hydroxylation is 1. The molecule has 0 saturated carbocycles. The Morgan fingerprint density at radius 1 is 1.23 bits per heavy atom. The van der Waals surface area contributed by atoms with Crippen molar-refractivity contribution in [3.63, 3.8) is 0 Å². The van der Waals surface area contributed by atoms with Crippen molar-refractivity contribution in [2.24, 2.45) is 0 Å². The summed E-state index contributed by atoms with van der Waals surface area (Å²) in [5.74, 6) is 0.567. The van der Waals surface area contributed by atoms with E-state index in [4.69, 9.17) is 16.3 Å². The molecule has 2 heterocycles. The van der Waals surface area contributed by atoms with E-state index in [-0.39, 0.29) is 12.5 Å². The molecule has 0 radical (unpaired) electrons. The molecule has 9 heteroatoms. The maximum absolute atomic E-state index is 12.3. The van der Waals surface area contributed by atoms with E-state index in [9.17, 15) is 9.90 Å². The lowest BCUT2D eigenvalue weighted by atomic mass is 10.2. The first-order valence-electron chi connectivity index (χ1n) is 10.2. The zero-order chi connectivity index (χ0) is 21.8. The fourth-order valence-electron chi connectivity index (χ4n) is 3.51. The summed E-state index contributed by atoms with van der Waals surface area (Å²) in [6.07, 6.45) is -0.594. The van der Waals surface area contributed by atoms with Crippen LogP contribution in [0.5, 0.6) is 5.75 Å². The summed E-state index contributed by atoms with van der Waals surface area (Å²) in [7, 11) is 0. The van der Waals surface area contributed by atoms with E-state index in [2.05, 4.69) is 15.3 Å². The number of rotatable bonds is 7. The minimum Gasteiger partial charge on any atom is -0.491 e. The molecule has 4 rings (SSSR count). The van der Waals surface area contributed by atoms with Gasteiger partial charge in [0.25, 0.3) is 5.91 Å². The molecule has 2 N–H and O–H groups in total. The number of amides is 1. The number of hydrogen-bond donors (Lipinski definition) is 2. The molecule has 1 fully saturated rings. The maximum atomic E-state index is 12.3. The topological polar surface area (TPSA) is 77.9 Å². The Balaban J connectivity index is 1.19. The van der Waals surface area contributed by atoms with Crippen molar-refractivity contribution < 1.29 is 14.6 Å². The van der Waals surface area contributed by atoms with Gasteiger partial charge in [-0.2, -0.15) is 0 Å². The number of hydrazine groups is 1. The van der Waals surface area contributed by atoms with Crippen molar-refractivity contribution >= 4 is 39.1 Å². The van der Waals surface area contributed by atoms with E-state index in [1.165, 1.54) is 0 Å². The number of aliphatic hydroxyl groups excluding tert-OH is 1. The second-order valence-corrected chi connectivity index (χ2v) is 9.23. The molecule has 0 aliphatic carbocycles. The van der Waals surface area contributed by atoms with Gasteiger partial charge in [-0.3, -0.25) is 15.1 Å². The van der Waals surface area contributed by atoms with Gasteiger partial charge >= 0.3 is 0 Å². The van der Waals surface area contributed by atoms with Crippen LogP contribution in [-0.4, -0.2) is 71.3 Å². The highest BCUT2D eigenvalue weighted by Gasteiger charge is 2.21. The van der Waals surface area contributed by atoms with Crippen LogP contribution >= 0.6 is 22.9 Å². The number of fused-ring (bicyclic) bond motifs is 1. The van der Waals surface area contributed by atoms with Gasteiger partial charge in [-0.1, -0.05) is 11.6 Å². The van der Waals surface area contributed by atoms with Crippen molar-refractivity contribution in [2.75, 3.05) is 39.3 Å². The fourth-order valence-corrected chi connectivity index (χ4v) is 4.44. The monoisotopic (exact) mass is 460 g/mol. The fraction of sp³-hybridized carbons (Fsp3) is 0.364. The lowest BCUT2D eigenvalue weighted by molar-refractivity contribution is 0.0317. The van der Waals surface area contributed by atoms with Gasteiger partial charge in [0.15, 0.2) is 0 Å². The number of nitrogens with one attached hydrogen (secondary N) is 1. The predicted molar refractivity (Wildman–Crippen MR) is 123 cm³/mol. The first kappa shape index (κ1) is 22.0. The number of β-amino-alcohol motifs (C(OH)–C–C–N with tert-alkyl or cyclic N) is 1. The largest absolute Gasteiger partial charge is 0.491 e. The molecule has 0 bridgehead atoms. The van der Waals surface area contributed by atoms with Crippen LogP contribution in [0.4, 0.5) is 0 Å². The van der Waals surface area contributed by atoms with Gasteiger partial charge in [-0.25, -0.2) is 9.99 Å². The summed E-state index contributed by atoms with van der Waals surface area (Å²) in [5.41, 5.74) is 4.42. The summed E-state index contributed by atoms with van der Waals surface area (Å²) in [6.45, 7) is 5.61. The first-order valence-corrected chi connectivity index (χ1v) is 11.4. The van der Waals surface area contributed by atoms with Gasteiger partial charge in [-0.15, -0.1) is 11.3 Å². The molecule has 1 saturated heterocycles. The number of carbonyl (C=O) groups is 1. The summed E-state index contributed by atoms with van der Waals surface area (Å²) >= 11 is 7.52. The summed E-state index contributed by atoms with van der Waals surface area (Å²) in [6, 6.07) is 12.6. The van der Waals surface area contributed by atoms with Crippen LogP contribution in [-0.2, 0) is 0 Å². The molecule has 31 heavy (non-hydrogen) atoms. The van der Waals surface area contributed by atoms with E-state index in [1.54, 1.807) is 35.6 Å². The van der Waals surface area contributed by atoms with Crippen LogP contribution in [0, 0.1) is 6.92 Å². The molecule has 1 atom stereocenters. The number of ether oxygens (including phenoxy) is 1. The molecular weight excluding hydrogens is 436 g/mol. The molecule has 3 aromatic rings. The number of thiazole rings is 1. The quantitative estimate of drug-likeness (QED) is 0.564. The van der Waals surface area contributed by atoms with Crippen LogP contribution in [0.25, 0.3) is 10.2 Å². The molecule has 2 aromatic carbocycles. The first-order chi connectivity index (χ1) is 15.0. The second kappa shape index (κ2) is 9.93. The van der Waals surface area contributed by atoms with E-state index >= 15 is 0 Å². The minimum absolute atomic E-state index is 0.147. The van der Waals surface area contributed by atoms with E-state index in [0.29, 0.717) is 36.0 Å². The zero-order valence-corrected chi connectivity index (χ0v) is 18.8. The van der Waals surface area contributed by atoms with E-state index in [1.807, 2.05) is 30.1 Å². The van der Waals surface area contributed by atoms with Crippen molar-refractivity contribution in [1.82, 2.24) is 20.3 Å². The molecule has 1 aromatic heterocycles. The van der Waals surface area contributed by atoms with Gasteiger partial charge in [0.1, 0.15) is 18.5 Å². The predicted octanol–water partition coefficient (Wildman–Crippen LogP) is 2.96. The third kappa shape index (κ3) is 5.93. The molecule has 1 amide bonds. The van der Waals surface area contributed by atoms with Crippen LogP contribution in [0.3, 0.4) is 0 Å². The average Bonchev–Trinajstić information content (AvgIpc) is 3.13. The SMILES string of the molecule is Cc1nc2cc(OC[C@H](O)CN3CCN(NC(=O)c4ccc(Cl)cc4)CC3)ccc2s1. The Labute approximate surface area is 190 Å². The van der Waals surface area contributed by atoms with E-state index in [0.717, 1.165) is 28.3 Å². The van der Waals surface area contributed by atoms with Gasteiger partial charge in [0.2, 0.25) is 0 Å². The zero-order valence-electron chi connectivity index (χ0n) is 17.3. The highest BCUT2D eigenvalue weighted by atomic mass is 35.5. The number of hydrogen-bond acceptors (Lipinski definition) is 7. The van der Waals surface area contributed by atoms with Crippen LogP contribution in [0.2, 0.25) is 5.02 Å². The number of aromatic nitrogens is 1. The van der Waals surface area contributed by atoms with Gasteiger partial charge in [0, 0.05) is 49.4 Å². The van der Waals surface area contributed by atoms with Crippen LogP contribution in [0.15, 0.2) is 42.5 Å². The Hall–Kier alpha value is -2.23. The molecular formula is C22H25ClN4O3S. The van der Waals surface area contributed by atoms with Gasteiger partial charge in [-0.05, 0) is 43.3 Å². The number of benzene rings is 2. The lowest BCUT2D eigenvalue weighted by Crippen LogP contribution is -2.54. The standard InChI is InChI=1S/C22H25ClN4O3S/c1-15-24-20-12-19(6-7-21(20)31-15)30-14-18(28)13-26-8-10-27(11-9-26)25-22(29)16-2-4-17(23)5-3-16/h2-7,12,18,28H,8-11,13-14H2,1H3,(H,25,29)/t18-/m1/s1. The number of halogens is 1. The molecule has 0 spiro atoms. The Kier molecular flexibility index (Phi) is 7.04. The smallest absolute Gasteiger partial charge is 0.265 e. The Morgan fingerprint density at radius 3 is 2.71 bits per heavy atom. The highest BCUT2D eigenvalue weighted by Crippen LogP contribution is 2.25. The Morgan fingerprint density at radius 2 is 1.97 bits per heavy atom. The van der Waals surface area contributed by atoms with E-state index < -0.39 is 6.10 Å². The summed E-state index contributed by atoms with van der Waals surface area (Å²) in [4.78, 5) is 19.0. The Bertz CT molecular complexity index is 1030. The van der Waals surface area contributed by atoms with Gasteiger partial charge in [0.05, 0.1) is 15.2 Å². The van der Waals surface area contributed by atoms with Crippen LogP contribution in [0.1, 0.15) is 15.4 Å². The van der Waals surface area contributed by atoms with Crippen molar-refractivity contribution in [2.45, 2.75) is 13.0 Å². The average molecular weight is 461 g/mol. The molecule has 1 aliphatic heterocycles. The highest BCUT2D eigenvalue weighted by molar-refractivity contribution is 7.18. The normalized spacial score (nSPS) is 16.4. The lowest BCUT2D eigenvalue weighted by Gasteiger charge is -2.35. The third-order valence-electron chi connectivity index (χ3n) is 5.12. The maximum Gasteiger partial charge on any atom is 0.265 e. The summed E-state index contributed by atoms with van der Waals surface area (Å²) < 4.78 is 6.90. The van der Waals surface area contributed by atoms with Crippen molar-refractivity contribution in [3.8, 4) is 5.75 Å². The van der Waals surface area contributed by atoms with Crippen LogP contribution < -0.4 is 10.2 Å². The third-order valence-corrected chi connectivity index (χ3v) is 6.32. The van der Waals surface area contributed by atoms with Crippen molar-refractivity contribution in [1.29, 1.82) is 0 Å². The van der Waals surface area contributed by atoms with Gasteiger partial charge < -0.3 is 9.84 Å². The molecule has 1 aliphatic rings. The molecule has 0 unspecified atom stereocenters. The number of aliphatic hydroxyl groups is 1. The molecule has 164 valence electrons. The second-order valence-electron chi connectivity index (χ2n) is 7.56. The number of nitrogens with zero attached hydrogens (tertiary/aromatic N) is 3. The summed E-state index contributed by atoms with van der Waals surface area (Å²) in [5, 5.41) is 13.9. The minimum atomic E-state index is -0.594. The van der Waals surface area contributed by atoms with Crippen molar-refractivity contribution in [3.05, 3.63) is 58.1 Å². The molecule has 7 nitrogen and oxygen atoms in total.